The lowest BCUT2D eigenvalue weighted by Crippen LogP contribution is -2.46. The number of hydrogen-bond donors (Lipinski definition) is 1. The van der Waals surface area contributed by atoms with Crippen LogP contribution in [0.4, 0.5) is 4.39 Å². The quantitative estimate of drug-likeness (QED) is 0.911. The second-order valence-corrected chi connectivity index (χ2v) is 7.15. The number of halogens is 1. The SMILES string of the molecule is Cc1ccc(-n2nc(C(=O)N3CCCC(N)C3)c3c2CCC3)c(F)c1. The molecular weight excluding hydrogens is 319 g/mol. The molecular formula is C19H23FN4O. The number of amides is 1. The summed E-state index contributed by atoms with van der Waals surface area (Å²) < 4.78 is 16.1. The summed E-state index contributed by atoms with van der Waals surface area (Å²) in [7, 11) is 0. The van der Waals surface area contributed by atoms with E-state index >= 15 is 0 Å². The monoisotopic (exact) mass is 342 g/mol. The fourth-order valence-electron chi connectivity index (χ4n) is 3.94. The number of carbonyl (C=O) groups excluding carboxylic acids is 1. The summed E-state index contributed by atoms with van der Waals surface area (Å²) in [6, 6.07) is 5.14. The molecule has 2 N–H and O–H groups in total. The van der Waals surface area contributed by atoms with Gasteiger partial charge in [0.05, 0.1) is 0 Å². The van der Waals surface area contributed by atoms with E-state index in [0.29, 0.717) is 24.5 Å². The summed E-state index contributed by atoms with van der Waals surface area (Å²) in [5.74, 6) is -0.379. The van der Waals surface area contributed by atoms with Gasteiger partial charge < -0.3 is 10.6 Å². The minimum Gasteiger partial charge on any atom is -0.336 e. The zero-order valence-electron chi connectivity index (χ0n) is 14.5. The number of carbonyl (C=O) groups is 1. The first-order valence-electron chi connectivity index (χ1n) is 8.96. The predicted molar refractivity (Wildman–Crippen MR) is 93.4 cm³/mol. The standard InChI is InChI=1S/C19H23FN4O/c1-12-7-8-17(15(20)10-12)24-16-6-2-5-14(16)18(22-24)19(25)23-9-3-4-13(21)11-23/h7-8,10,13H,2-6,9,11,21H2,1H3. The largest absolute Gasteiger partial charge is 0.336 e. The van der Waals surface area contributed by atoms with Crippen molar-refractivity contribution in [1.82, 2.24) is 14.7 Å². The third kappa shape index (κ3) is 2.84. The Kier molecular flexibility index (Phi) is 4.07. The van der Waals surface area contributed by atoms with E-state index in [4.69, 9.17) is 5.73 Å². The van der Waals surface area contributed by atoms with E-state index in [1.165, 1.54) is 6.07 Å². The number of rotatable bonds is 2. The van der Waals surface area contributed by atoms with Gasteiger partial charge in [-0.05, 0) is 56.7 Å². The number of benzene rings is 1. The minimum absolute atomic E-state index is 0.0300. The van der Waals surface area contributed by atoms with Crippen LogP contribution in [0.5, 0.6) is 0 Å². The van der Waals surface area contributed by atoms with Crippen LogP contribution in [0.2, 0.25) is 0 Å². The highest BCUT2D eigenvalue weighted by molar-refractivity contribution is 5.94. The summed E-state index contributed by atoms with van der Waals surface area (Å²) in [6.45, 7) is 3.14. The van der Waals surface area contributed by atoms with Gasteiger partial charge in [0.15, 0.2) is 5.69 Å². The Morgan fingerprint density at radius 1 is 1.32 bits per heavy atom. The van der Waals surface area contributed by atoms with Crippen molar-refractivity contribution in [2.24, 2.45) is 5.73 Å². The van der Waals surface area contributed by atoms with Crippen molar-refractivity contribution in [3.05, 3.63) is 46.5 Å². The Morgan fingerprint density at radius 2 is 2.16 bits per heavy atom. The zero-order valence-corrected chi connectivity index (χ0v) is 14.5. The highest BCUT2D eigenvalue weighted by Crippen LogP contribution is 2.30. The number of likely N-dealkylation sites (tertiary alicyclic amines) is 1. The van der Waals surface area contributed by atoms with Gasteiger partial charge in [-0.15, -0.1) is 0 Å². The molecule has 2 aromatic rings. The van der Waals surface area contributed by atoms with Crippen LogP contribution in [0.1, 0.15) is 46.6 Å². The van der Waals surface area contributed by atoms with Crippen LogP contribution in [-0.4, -0.2) is 39.7 Å². The Morgan fingerprint density at radius 3 is 2.92 bits per heavy atom. The molecule has 25 heavy (non-hydrogen) atoms. The lowest BCUT2D eigenvalue weighted by atomic mass is 10.1. The normalized spacial score (nSPS) is 20.0. The van der Waals surface area contributed by atoms with Gasteiger partial charge in [0.2, 0.25) is 0 Å². The average molecular weight is 342 g/mol. The second kappa shape index (κ2) is 6.26. The first kappa shape index (κ1) is 16.3. The molecule has 1 atom stereocenters. The van der Waals surface area contributed by atoms with Crippen molar-refractivity contribution in [3.63, 3.8) is 0 Å². The smallest absolute Gasteiger partial charge is 0.274 e. The number of piperidine rings is 1. The van der Waals surface area contributed by atoms with Gasteiger partial charge in [0.25, 0.3) is 5.91 Å². The molecule has 1 aromatic carbocycles. The molecule has 1 fully saturated rings. The third-order valence-corrected chi connectivity index (χ3v) is 5.21. The summed E-state index contributed by atoms with van der Waals surface area (Å²) in [4.78, 5) is 14.8. The summed E-state index contributed by atoms with van der Waals surface area (Å²) >= 11 is 0. The van der Waals surface area contributed by atoms with Gasteiger partial charge >= 0.3 is 0 Å². The van der Waals surface area contributed by atoms with Crippen LogP contribution in [0.15, 0.2) is 18.2 Å². The van der Waals surface area contributed by atoms with E-state index < -0.39 is 0 Å². The van der Waals surface area contributed by atoms with Gasteiger partial charge in [-0.3, -0.25) is 4.79 Å². The van der Waals surface area contributed by atoms with Crippen LogP contribution in [-0.2, 0) is 12.8 Å². The minimum atomic E-state index is -0.309. The number of nitrogens with two attached hydrogens (primary N) is 1. The summed E-state index contributed by atoms with van der Waals surface area (Å²) in [5, 5.41) is 4.54. The molecule has 6 heteroatoms. The van der Waals surface area contributed by atoms with Crippen LogP contribution < -0.4 is 5.73 Å². The van der Waals surface area contributed by atoms with Crippen LogP contribution in [0, 0.1) is 12.7 Å². The maximum absolute atomic E-state index is 14.4. The predicted octanol–water partition coefficient (Wildman–Crippen LogP) is 2.37. The molecule has 132 valence electrons. The van der Waals surface area contributed by atoms with Gasteiger partial charge in [0, 0.05) is 30.4 Å². The van der Waals surface area contributed by atoms with E-state index in [2.05, 4.69) is 5.10 Å². The lowest BCUT2D eigenvalue weighted by molar-refractivity contribution is 0.0701. The van der Waals surface area contributed by atoms with Gasteiger partial charge in [-0.25, -0.2) is 9.07 Å². The molecule has 5 nitrogen and oxygen atoms in total. The summed E-state index contributed by atoms with van der Waals surface area (Å²) in [6.07, 6.45) is 4.49. The van der Waals surface area contributed by atoms with Crippen molar-refractivity contribution < 1.29 is 9.18 Å². The molecule has 1 amide bonds. The number of aryl methyl sites for hydroxylation is 1. The fraction of sp³-hybridized carbons (Fsp3) is 0.474. The van der Waals surface area contributed by atoms with Crippen molar-refractivity contribution in [2.75, 3.05) is 13.1 Å². The molecule has 2 heterocycles. The first-order chi connectivity index (χ1) is 12.0. The average Bonchev–Trinajstić information content (AvgIpc) is 3.17. The topological polar surface area (TPSA) is 64.2 Å². The highest BCUT2D eigenvalue weighted by Gasteiger charge is 2.31. The number of nitrogens with zero attached hydrogens (tertiary/aromatic N) is 3. The molecule has 1 aliphatic carbocycles. The fourth-order valence-corrected chi connectivity index (χ4v) is 3.94. The zero-order chi connectivity index (χ0) is 17.6. The van der Waals surface area contributed by atoms with Crippen molar-refractivity contribution in [3.8, 4) is 5.69 Å². The van der Waals surface area contributed by atoms with Gasteiger partial charge in [-0.1, -0.05) is 6.07 Å². The molecule has 2 aliphatic rings. The van der Waals surface area contributed by atoms with Gasteiger partial charge in [-0.2, -0.15) is 5.10 Å². The van der Waals surface area contributed by atoms with Crippen molar-refractivity contribution in [2.45, 2.75) is 45.1 Å². The molecule has 0 spiro atoms. The Balaban J connectivity index is 1.74. The maximum Gasteiger partial charge on any atom is 0.274 e. The van der Waals surface area contributed by atoms with E-state index in [-0.39, 0.29) is 17.8 Å². The van der Waals surface area contributed by atoms with Crippen LogP contribution >= 0.6 is 0 Å². The second-order valence-electron chi connectivity index (χ2n) is 7.15. The number of fused-ring (bicyclic) bond motifs is 1. The molecule has 1 saturated heterocycles. The van der Waals surface area contributed by atoms with Crippen LogP contribution in [0.25, 0.3) is 5.69 Å². The van der Waals surface area contributed by atoms with E-state index in [1.807, 2.05) is 13.0 Å². The maximum atomic E-state index is 14.4. The van der Waals surface area contributed by atoms with E-state index in [1.54, 1.807) is 15.6 Å². The van der Waals surface area contributed by atoms with E-state index in [9.17, 15) is 9.18 Å². The summed E-state index contributed by atoms with van der Waals surface area (Å²) in [5.41, 5.74) is 9.71. The van der Waals surface area contributed by atoms with Crippen LogP contribution in [0.3, 0.4) is 0 Å². The number of hydrogen-bond acceptors (Lipinski definition) is 3. The first-order valence-corrected chi connectivity index (χ1v) is 8.96. The Labute approximate surface area is 146 Å². The van der Waals surface area contributed by atoms with Crippen molar-refractivity contribution in [1.29, 1.82) is 0 Å². The lowest BCUT2D eigenvalue weighted by Gasteiger charge is -2.30. The molecule has 1 aliphatic heterocycles. The van der Waals surface area contributed by atoms with Gasteiger partial charge in [0.1, 0.15) is 11.5 Å². The molecule has 0 saturated carbocycles. The molecule has 4 rings (SSSR count). The molecule has 1 unspecified atom stereocenters. The molecule has 0 bridgehead atoms. The number of aromatic nitrogens is 2. The Hall–Kier alpha value is -2.21. The highest BCUT2D eigenvalue weighted by atomic mass is 19.1. The molecule has 0 radical (unpaired) electrons. The molecule has 1 aromatic heterocycles. The third-order valence-electron chi connectivity index (χ3n) is 5.21. The van der Waals surface area contributed by atoms with Crippen molar-refractivity contribution >= 4 is 5.91 Å². The Bertz CT molecular complexity index is 829. The van der Waals surface area contributed by atoms with E-state index in [0.717, 1.165) is 48.9 Å².